The van der Waals surface area contributed by atoms with E-state index in [2.05, 4.69) is 14.7 Å². The highest BCUT2D eigenvalue weighted by Crippen LogP contribution is 2.31. The molecule has 4 rings (SSSR count). The number of hydrogen-bond acceptors (Lipinski definition) is 4. The third-order valence-electron chi connectivity index (χ3n) is 6.06. The first kappa shape index (κ1) is 22.2. The summed E-state index contributed by atoms with van der Waals surface area (Å²) in [7, 11) is 1.67. The maximum absolute atomic E-state index is 14.3. The lowest BCUT2D eigenvalue weighted by molar-refractivity contribution is 0.154. The van der Waals surface area contributed by atoms with Crippen LogP contribution < -0.4 is 10.5 Å². The van der Waals surface area contributed by atoms with Crippen LogP contribution >= 0.6 is 11.6 Å². The lowest BCUT2D eigenvalue weighted by Crippen LogP contribution is -2.56. The number of hydrogen-bond donors (Lipinski definition) is 0. The van der Waals surface area contributed by atoms with Gasteiger partial charge in [0.1, 0.15) is 11.6 Å². The van der Waals surface area contributed by atoms with E-state index in [4.69, 9.17) is 18.2 Å². The summed E-state index contributed by atoms with van der Waals surface area (Å²) in [4.78, 5) is 24.6. The monoisotopic (exact) mass is 457 g/mol. The van der Waals surface area contributed by atoms with Gasteiger partial charge in [-0.05, 0) is 38.1 Å². The number of benzene rings is 1. The van der Waals surface area contributed by atoms with E-state index in [1.807, 2.05) is 18.7 Å². The number of aromatic nitrogens is 2. The van der Waals surface area contributed by atoms with E-state index in [9.17, 15) is 13.6 Å². The first-order valence-electron chi connectivity index (χ1n) is 10.2. The summed E-state index contributed by atoms with van der Waals surface area (Å²) in [5, 5.41) is 0.0267. The van der Waals surface area contributed by atoms with Crippen molar-refractivity contribution in [3.63, 3.8) is 0 Å². The van der Waals surface area contributed by atoms with Crippen LogP contribution in [0.15, 0.2) is 35.1 Å². The lowest BCUT2D eigenvalue weighted by Gasteiger charge is -2.45. The molecule has 0 unspecified atom stereocenters. The number of nitrogens with zero attached hydrogens (tertiary/aromatic N) is 5. The van der Waals surface area contributed by atoms with Crippen LogP contribution in [0, 0.1) is 18.2 Å². The summed E-state index contributed by atoms with van der Waals surface area (Å²) in [6.07, 6.45) is 0. The first-order chi connectivity index (χ1) is 15.2. The van der Waals surface area contributed by atoms with E-state index in [1.54, 1.807) is 25.2 Å². The second-order valence-corrected chi connectivity index (χ2v) is 8.64. The maximum Gasteiger partial charge on any atom is 0.270 e. The lowest BCUT2D eigenvalue weighted by atomic mass is 10.0. The van der Waals surface area contributed by atoms with Crippen molar-refractivity contribution in [2.24, 2.45) is 7.05 Å². The molecule has 0 bridgehead atoms. The smallest absolute Gasteiger partial charge is 0.270 e. The molecule has 166 valence electrons. The van der Waals surface area contributed by atoms with Crippen molar-refractivity contribution in [1.29, 1.82) is 0 Å². The molecule has 9 heteroatoms. The van der Waals surface area contributed by atoms with E-state index in [-0.39, 0.29) is 40.6 Å². The summed E-state index contributed by atoms with van der Waals surface area (Å²) in [6, 6.07) is 7.00. The van der Waals surface area contributed by atoms with E-state index >= 15 is 0 Å². The van der Waals surface area contributed by atoms with E-state index in [0.29, 0.717) is 29.8 Å². The van der Waals surface area contributed by atoms with Gasteiger partial charge in [-0.2, -0.15) is 0 Å². The fraction of sp³-hybridized carbons (Fsp3) is 0.348. The van der Waals surface area contributed by atoms with Crippen molar-refractivity contribution in [2.45, 2.75) is 32.5 Å². The van der Waals surface area contributed by atoms with Crippen molar-refractivity contribution in [3.05, 3.63) is 74.3 Å². The Balaban J connectivity index is 1.68. The third-order valence-corrected chi connectivity index (χ3v) is 6.28. The standard InChI is InChI=1S/C23H22ClF2N5O/c1-13-11-31(14(2)10-30(13)12-16-17(25)7-15(24)8-18(16)26)20-9-22(32)29(4)19-5-6-21(27-3)28-23(19)20/h5-9,13-14H,10-12H2,1-2,4H3/t13-,14+/m1/s1. The Hall–Kier alpha value is -3.02. The molecule has 1 aliphatic heterocycles. The summed E-state index contributed by atoms with van der Waals surface area (Å²) in [6.45, 7) is 12.4. The highest BCUT2D eigenvalue weighted by Gasteiger charge is 2.32. The molecule has 1 fully saturated rings. The number of pyridine rings is 2. The van der Waals surface area contributed by atoms with Gasteiger partial charge in [-0.25, -0.2) is 8.78 Å². The van der Waals surface area contributed by atoms with Gasteiger partial charge < -0.3 is 14.3 Å². The average Bonchev–Trinajstić information content (AvgIpc) is 2.75. The van der Waals surface area contributed by atoms with Crippen molar-refractivity contribution < 1.29 is 8.78 Å². The number of piperazine rings is 1. The summed E-state index contributed by atoms with van der Waals surface area (Å²) in [5.41, 5.74) is 1.72. The van der Waals surface area contributed by atoms with Crippen LogP contribution in [-0.4, -0.2) is 39.6 Å². The van der Waals surface area contributed by atoms with Crippen LogP contribution in [-0.2, 0) is 13.6 Å². The number of halogens is 3. The van der Waals surface area contributed by atoms with Gasteiger partial charge in [0, 0.05) is 55.4 Å². The molecule has 6 nitrogen and oxygen atoms in total. The van der Waals surface area contributed by atoms with E-state index < -0.39 is 11.6 Å². The van der Waals surface area contributed by atoms with Crippen LogP contribution in [0.3, 0.4) is 0 Å². The molecule has 0 amide bonds. The molecular formula is C23H22ClF2N5O. The van der Waals surface area contributed by atoms with Gasteiger partial charge in [-0.1, -0.05) is 18.2 Å². The molecule has 32 heavy (non-hydrogen) atoms. The minimum absolute atomic E-state index is 0.00991. The number of fused-ring (bicyclic) bond motifs is 1. The molecule has 2 aromatic heterocycles. The molecule has 3 aromatic rings. The minimum Gasteiger partial charge on any atom is -0.362 e. The van der Waals surface area contributed by atoms with Crippen LogP contribution in [0.25, 0.3) is 15.9 Å². The zero-order valence-corrected chi connectivity index (χ0v) is 18.7. The second-order valence-electron chi connectivity index (χ2n) is 8.20. The number of rotatable bonds is 3. The predicted octanol–water partition coefficient (Wildman–Crippen LogP) is 4.52. The van der Waals surface area contributed by atoms with Gasteiger partial charge in [0.2, 0.25) is 5.52 Å². The van der Waals surface area contributed by atoms with E-state index in [0.717, 1.165) is 12.1 Å². The molecular weight excluding hydrogens is 436 g/mol. The zero-order valence-electron chi connectivity index (χ0n) is 17.9. The predicted molar refractivity (Wildman–Crippen MR) is 121 cm³/mol. The molecule has 0 spiro atoms. The molecule has 1 aliphatic rings. The first-order valence-corrected chi connectivity index (χ1v) is 10.6. The Morgan fingerprint density at radius 3 is 2.50 bits per heavy atom. The highest BCUT2D eigenvalue weighted by atomic mass is 35.5. The molecule has 0 saturated carbocycles. The second kappa shape index (κ2) is 8.49. The third kappa shape index (κ3) is 3.94. The van der Waals surface area contributed by atoms with Crippen molar-refractivity contribution in [1.82, 2.24) is 14.5 Å². The number of anilines is 1. The van der Waals surface area contributed by atoms with Gasteiger partial charge in [0.15, 0.2) is 0 Å². The Labute approximate surface area is 189 Å². The average molecular weight is 458 g/mol. The van der Waals surface area contributed by atoms with Crippen molar-refractivity contribution in [2.75, 3.05) is 18.0 Å². The van der Waals surface area contributed by atoms with Gasteiger partial charge in [0.25, 0.3) is 11.4 Å². The zero-order chi connectivity index (χ0) is 23.2. The minimum atomic E-state index is -0.661. The molecule has 0 radical (unpaired) electrons. The van der Waals surface area contributed by atoms with E-state index in [1.165, 1.54) is 4.57 Å². The summed E-state index contributed by atoms with van der Waals surface area (Å²) >= 11 is 5.75. The Morgan fingerprint density at radius 1 is 1.16 bits per heavy atom. The van der Waals surface area contributed by atoms with Crippen molar-refractivity contribution >= 4 is 34.1 Å². The van der Waals surface area contributed by atoms with Crippen LogP contribution in [0.4, 0.5) is 20.3 Å². The summed E-state index contributed by atoms with van der Waals surface area (Å²) in [5.74, 6) is -1.07. The highest BCUT2D eigenvalue weighted by molar-refractivity contribution is 6.30. The molecule has 0 aliphatic carbocycles. The van der Waals surface area contributed by atoms with Crippen LogP contribution in [0.1, 0.15) is 19.4 Å². The normalized spacial score (nSPS) is 19.3. The SMILES string of the molecule is [C-]#[N+]c1ccc2c(n1)c(N1C[C@@H](C)N(Cc3c(F)cc(Cl)cc3F)C[C@@H]1C)cc(=O)n2C. The fourth-order valence-electron chi connectivity index (χ4n) is 4.26. The molecule has 0 N–H and O–H groups in total. The topological polar surface area (TPSA) is 45.7 Å². The molecule has 3 heterocycles. The van der Waals surface area contributed by atoms with Gasteiger partial charge in [-0.3, -0.25) is 9.69 Å². The van der Waals surface area contributed by atoms with Gasteiger partial charge in [-0.15, -0.1) is 4.98 Å². The maximum atomic E-state index is 14.3. The van der Waals surface area contributed by atoms with Crippen molar-refractivity contribution in [3.8, 4) is 0 Å². The number of aryl methyl sites for hydroxylation is 1. The quantitative estimate of drug-likeness (QED) is 0.543. The Morgan fingerprint density at radius 2 is 1.84 bits per heavy atom. The fourth-order valence-corrected chi connectivity index (χ4v) is 4.45. The van der Waals surface area contributed by atoms with Crippen LogP contribution in [0.5, 0.6) is 0 Å². The largest absolute Gasteiger partial charge is 0.362 e. The Kier molecular flexibility index (Phi) is 5.89. The molecule has 1 saturated heterocycles. The molecule has 2 atom stereocenters. The molecule has 1 aromatic carbocycles. The summed E-state index contributed by atoms with van der Waals surface area (Å²) < 4.78 is 30.2. The van der Waals surface area contributed by atoms with Gasteiger partial charge >= 0.3 is 0 Å². The van der Waals surface area contributed by atoms with Crippen LogP contribution in [0.2, 0.25) is 5.02 Å². The van der Waals surface area contributed by atoms with Gasteiger partial charge in [0.05, 0.1) is 11.2 Å². The Bertz CT molecular complexity index is 1280.